The number of aliphatic imine (C=N–C) groups is 2. The van der Waals surface area contributed by atoms with E-state index >= 15 is 0 Å². The first kappa shape index (κ1) is 42.7. The Labute approximate surface area is 420 Å². The molecule has 2 N–H and O–H groups in total. The Morgan fingerprint density at radius 3 is 0.792 bits per heavy atom. The molecule has 340 valence electrons. The van der Waals surface area contributed by atoms with E-state index in [1.54, 1.807) is 0 Å². The number of benzene rings is 8. The summed E-state index contributed by atoms with van der Waals surface area (Å²) < 4.78 is 0. The normalized spacial score (nSPS) is 15.7. The largest absolute Gasteiger partial charge is 0.357 e. The fourth-order valence-corrected chi connectivity index (χ4v) is 11.0. The van der Waals surface area contributed by atoms with Crippen LogP contribution in [0.5, 0.6) is 0 Å². The van der Waals surface area contributed by atoms with Crippen LogP contribution >= 0.6 is 0 Å². The van der Waals surface area contributed by atoms with E-state index in [2.05, 4.69) is 265 Å². The Balaban J connectivity index is 1.19. The molecule has 3 aliphatic rings. The average molecular weight is 921 g/mol. The number of H-pyrrole nitrogens is 2. The highest BCUT2D eigenvalue weighted by Crippen LogP contribution is 2.49. The zero-order valence-electron chi connectivity index (χ0n) is 39.6. The van der Waals surface area contributed by atoms with Gasteiger partial charge in [-0.3, -0.25) is 9.98 Å². The number of hydrogen-bond donors (Lipinski definition) is 2. The molecule has 0 saturated heterocycles. The number of aromatic amines is 2. The first-order valence-corrected chi connectivity index (χ1v) is 24.7. The summed E-state index contributed by atoms with van der Waals surface area (Å²) in [7, 11) is 0. The van der Waals surface area contributed by atoms with Gasteiger partial charge >= 0.3 is 0 Å². The minimum absolute atomic E-state index is 0.489. The maximum atomic E-state index is 5.82. The second-order valence-corrected chi connectivity index (χ2v) is 18.5. The fraction of sp³-hybridized carbons (Fsp3) is 0.0294. The molecule has 4 nitrogen and oxygen atoms in total. The molecular formula is C68H48N4. The van der Waals surface area contributed by atoms with Gasteiger partial charge in [-0.2, -0.15) is 0 Å². The Kier molecular flexibility index (Phi) is 11.0. The highest BCUT2D eigenvalue weighted by molar-refractivity contribution is 6.46. The maximum Gasteiger partial charge on any atom is 0.0739 e. The Bertz CT molecular complexity index is 3560. The van der Waals surface area contributed by atoms with Crippen molar-refractivity contribution in [3.8, 4) is 44.5 Å². The zero-order chi connectivity index (χ0) is 47.8. The second kappa shape index (κ2) is 18.5. The van der Waals surface area contributed by atoms with Crippen LogP contribution in [0.1, 0.15) is 51.5 Å². The van der Waals surface area contributed by atoms with E-state index in [0.29, 0.717) is 12.8 Å². The van der Waals surface area contributed by atoms with Gasteiger partial charge in [0.1, 0.15) is 0 Å². The predicted octanol–water partition coefficient (Wildman–Crippen LogP) is 16.8. The number of rotatable bonds is 8. The van der Waals surface area contributed by atoms with Crippen molar-refractivity contribution < 1.29 is 0 Å². The van der Waals surface area contributed by atoms with Gasteiger partial charge in [-0.25, -0.2) is 0 Å². The number of allylic oxidation sites excluding steroid dienone is 4. The molecule has 0 unspecified atom stereocenters. The molecule has 0 radical (unpaired) electrons. The molecule has 0 spiro atoms. The van der Waals surface area contributed by atoms with E-state index in [4.69, 9.17) is 9.98 Å². The Morgan fingerprint density at radius 1 is 0.250 bits per heavy atom. The van der Waals surface area contributed by atoms with Crippen molar-refractivity contribution in [1.29, 1.82) is 0 Å². The summed E-state index contributed by atoms with van der Waals surface area (Å²) in [5, 5.41) is 0. The van der Waals surface area contributed by atoms with Crippen molar-refractivity contribution in [2.45, 2.75) is 12.8 Å². The molecule has 0 saturated carbocycles. The van der Waals surface area contributed by atoms with Gasteiger partial charge in [0.25, 0.3) is 0 Å². The van der Waals surface area contributed by atoms with Crippen LogP contribution in [0.4, 0.5) is 0 Å². The maximum absolute atomic E-state index is 5.82. The van der Waals surface area contributed by atoms with Crippen molar-refractivity contribution >= 4 is 45.9 Å². The molecule has 8 bridgehead atoms. The first-order chi connectivity index (χ1) is 35.7. The van der Waals surface area contributed by atoms with Crippen LogP contribution in [0.3, 0.4) is 0 Å². The molecule has 0 fully saturated rings. The predicted molar refractivity (Wildman–Crippen MR) is 301 cm³/mol. The second-order valence-electron chi connectivity index (χ2n) is 18.5. The molecule has 5 heterocycles. The molecule has 2 aromatic heterocycles. The fourth-order valence-electron chi connectivity index (χ4n) is 11.0. The van der Waals surface area contributed by atoms with Crippen LogP contribution < -0.4 is 0 Å². The summed E-state index contributed by atoms with van der Waals surface area (Å²) in [6, 6.07) is 86.5. The molecule has 13 rings (SSSR count). The number of nitrogens with one attached hydrogen (secondary N) is 2. The van der Waals surface area contributed by atoms with E-state index in [1.807, 2.05) is 0 Å². The minimum Gasteiger partial charge on any atom is -0.357 e. The zero-order valence-corrected chi connectivity index (χ0v) is 39.6. The van der Waals surface area contributed by atoms with Crippen molar-refractivity contribution in [3.63, 3.8) is 0 Å². The highest BCUT2D eigenvalue weighted by atomic mass is 14.9. The van der Waals surface area contributed by atoms with Gasteiger partial charge in [0.05, 0.1) is 22.8 Å². The highest BCUT2D eigenvalue weighted by Gasteiger charge is 2.34. The SMILES string of the molecule is C1=C2\N=C(CC3=N/C(=C\c4[nH]c(c(-c5ccccc5)c4-c4ccccc4)Cc4[nH]c/1c(-c1ccccc1)c4-c1ccccc1)C(c1ccccc1)=C3c1ccccc1)C(c1ccccc1)=C2c1ccccc1. The molecular weight excluding hydrogens is 873 g/mol. The molecule has 0 amide bonds. The Hall–Kier alpha value is -9.38. The average Bonchev–Trinajstić information content (AvgIpc) is 4.20. The van der Waals surface area contributed by atoms with Gasteiger partial charge < -0.3 is 9.97 Å². The van der Waals surface area contributed by atoms with Gasteiger partial charge in [-0.15, -0.1) is 0 Å². The van der Waals surface area contributed by atoms with E-state index < -0.39 is 0 Å². The molecule has 8 aromatic carbocycles. The van der Waals surface area contributed by atoms with Crippen molar-refractivity contribution in [3.05, 3.63) is 299 Å². The van der Waals surface area contributed by atoms with Gasteiger partial charge in [0.15, 0.2) is 0 Å². The first-order valence-electron chi connectivity index (χ1n) is 24.7. The topological polar surface area (TPSA) is 56.3 Å². The monoisotopic (exact) mass is 920 g/mol. The van der Waals surface area contributed by atoms with E-state index in [1.165, 1.54) is 0 Å². The third kappa shape index (κ3) is 7.76. The van der Waals surface area contributed by atoms with Gasteiger partial charge in [0.2, 0.25) is 0 Å². The minimum atomic E-state index is 0.489. The van der Waals surface area contributed by atoms with Crippen LogP contribution in [0.2, 0.25) is 0 Å². The molecule has 10 aromatic rings. The van der Waals surface area contributed by atoms with E-state index in [9.17, 15) is 0 Å². The van der Waals surface area contributed by atoms with Crippen LogP contribution in [0, 0.1) is 0 Å². The quantitative estimate of drug-likeness (QED) is 0.153. The number of nitrogens with zero attached hydrogens (tertiary/aromatic N) is 2. The smallest absolute Gasteiger partial charge is 0.0739 e. The van der Waals surface area contributed by atoms with Gasteiger partial charge in [-0.05, 0) is 56.7 Å². The van der Waals surface area contributed by atoms with E-state index in [0.717, 1.165) is 135 Å². The van der Waals surface area contributed by atoms with Gasteiger partial charge in [0, 0.05) is 80.2 Å². The van der Waals surface area contributed by atoms with Crippen LogP contribution in [0.15, 0.2) is 264 Å². The lowest BCUT2D eigenvalue weighted by Gasteiger charge is -2.14. The molecule has 0 atom stereocenters. The number of aromatic nitrogens is 2. The summed E-state index contributed by atoms with van der Waals surface area (Å²) in [5.74, 6) is 0. The standard InChI is InChI=1S/C68H48N4/c1-9-25-45(26-10-1)61-53-41-55-63(47-29-13-3-14-30-47)65(49-33-17-5-18-34-49)57(70-55)43-59-67(51-37-21-7-22-38-51)68(52-39-23-8-24-40-52)60(72-59)44-58-66(50-35-19-6-20-36-50)64(48-31-15-4-16-32-48)56(71-58)42-54(69-53)62(61)46-27-11-2-12-28-46/h1-41,44,69,71H,42-43H2/b55-41-,60-44-. The van der Waals surface area contributed by atoms with Crippen LogP contribution in [-0.4, -0.2) is 21.4 Å². The molecule has 0 aliphatic carbocycles. The third-order valence-corrected chi connectivity index (χ3v) is 14.1. The van der Waals surface area contributed by atoms with Crippen LogP contribution in [0.25, 0.3) is 79.0 Å². The molecule has 72 heavy (non-hydrogen) atoms. The lowest BCUT2D eigenvalue weighted by molar-refractivity contribution is 1.05. The number of fused-ring (bicyclic) bond motifs is 6. The summed E-state index contributed by atoms with van der Waals surface area (Å²) in [4.78, 5) is 19.9. The summed E-state index contributed by atoms with van der Waals surface area (Å²) in [5.41, 5.74) is 25.9. The van der Waals surface area contributed by atoms with Crippen LogP contribution in [-0.2, 0) is 6.42 Å². The van der Waals surface area contributed by atoms with Crippen molar-refractivity contribution in [2.75, 3.05) is 0 Å². The van der Waals surface area contributed by atoms with Gasteiger partial charge in [-0.1, -0.05) is 243 Å². The Morgan fingerprint density at radius 2 is 0.500 bits per heavy atom. The van der Waals surface area contributed by atoms with Crippen molar-refractivity contribution in [2.24, 2.45) is 9.98 Å². The summed E-state index contributed by atoms with van der Waals surface area (Å²) in [6.45, 7) is 0. The lowest BCUT2D eigenvalue weighted by atomic mass is 9.86. The third-order valence-electron chi connectivity index (χ3n) is 14.1. The summed E-state index contributed by atoms with van der Waals surface area (Å²) in [6.07, 6.45) is 5.68. The van der Waals surface area contributed by atoms with E-state index in [-0.39, 0.29) is 0 Å². The van der Waals surface area contributed by atoms with Crippen molar-refractivity contribution in [1.82, 2.24) is 9.97 Å². The summed E-state index contributed by atoms with van der Waals surface area (Å²) >= 11 is 0. The lowest BCUT2D eigenvalue weighted by Crippen LogP contribution is -2.10. The molecule has 3 aliphatic heterocycles. The number of hydrogen-bond acceptors (Lipinski definition) is 2. The molecule has 4 heteroatoms.